The van der Waals surface area contributed by atoms with Crippen LogP contribution in [0.4, 0.5) is 0 Å². The zero-order chi connectivity index (χ0) is 15.4. The first-order valence-electron chi connectivity index (χ1n) is 6.90. The number of nitrogens with zero attached hydrogens (tertiary/aromatic N) is 1. The predicted octanol–water partition coefficient (Wildman–Crippen LogP) is 2.26. The molecule has 0 spiro atoms. The van der Waals surface area contributed by atoms with Gasteiger partial charge in [0, 0.05) is 16.1 Å². The lowest BCUT2D eigenvalue weighted by Gasteiger charge is -2.15. The van der Waals surface area contributed by atoms with Gasteiger partial charge in [-0.05, 0) is 31.7 Å². The van der Waals surface area contributed by atoms with Gasteiger partial charge in [0.15, 0.2) is 0 Å². The van der Waals surface area contributed by atoms with Crippen molar-refractivity contribution in [1.29, 1.82) is 0 Å². The zero-order valence-electron chi connectivity index (χ0n) is 12.4. The van der Waals surface area contributed by atoms with Crippen LogP contribution >= 0.6 is 11.3 Å². The Balaban J connectivity index is 2.10. The maximum absolute atomic E-state index is 12.2. The van der Waals surface area contributed by atoms with Crippen LogP contribution in [-0.4, -0.2) is 15.9 Å². The van der Waals surface area contributed by atoms with Gasteiger partial charge in [-0.1, -0.05) is 13.0 Å². The molecule has 0 aliphatic rings. The highest BCUT2D eigenvalue weighted by Gasteiger charge is 2.16. The number of aryl methyl sites for hydroxylation is 2. The average molecular weight is 305 g/mol. The first-order valence-corrected chi connectivity index (χ1v) is 7.78. The van der Waals surface area contributed by atoms with Gasteiger partial charge in [0.2, 0.25) is 5.91 Å². The minimum atomic E-state index is -0.237. The highest BCUT2D eigenvalue weighted by Crippen LogP contribution is 2.21. The molecule has 2 heterocycles. The molecule has 0 radical (unpaired) electrons. The van der Waals surface area contributed by atoms with Crippen molar-refractivity contribution in [3.63, 3.8) is 0 Å². The summed E-state index contributed by atoms with van der Waals surface area (Å²) in [6.07, 6.45) is 0.865. The molecule has 2 N–H and O–H groups in total. The first kappa shape index (κ1) is 15.4. The molecule has 0 aromatic carbocycles. The van der Waals surface area contributed by atoms with Gasteiger partial charge in [0.1, 0.15) is 5.82 Å². The number of nitrogens with one attached hydrogen (secondary N) is 2. The van der Waals surface area contributed by atoms with Gasteiger partial charge in [-0.3, -0.25) is 9.59 Å². The molecule has 0 saturated carbocycles. The number of thiophene rings is 1. The van der Waals surface area contributed by atoms with E-state index in [1.54, 1.807) is 25.2 Å². The second-order valence-corrected chi connectivity index (χ2v) is 5.92. The number of aromatic nitrogens is 2. The van der Waals surface area contributed by atoms with E-state index in [2.05, 4.69) is 15.3 Å². The maximum Gasteiger partial charge on any atom is 0.254 e. The van der Waals surface area contributed by atoms with E-state index in [0.717, 1.165) is 11.3 Å². The third-order valence-corrected chi connectivity index (χ3v) is 4.29. The lowest BCUT2D eigenvalue weighted by atomic mass is 10.1. The second-order valence-electron chi connectivity index (χ2n) is 4.94. The molecule has 1 unspecified atom stereocenters. The monoisotopic (exact) mass is 305 g/mol. The Morgan fingerprint density at radius 2 is 2.24 bits per heavy atom. The van der Waals surface area contributed by atoms with Crippen LogP contribution in [0.15, 0.2) is 22.3 Å². The molecule has 0 saturated heterocycles. The molecule has 21 heavy (non-hydrogen) atoms. The molecular formula is C15H19N3O2S. The molecular weight excluding hydrogens is 286 g/mol. The number of hydrogen-bond acceptors (Lipinski definition) is 4. The smallest absolute Gasteiger partial charge is 0.254 e. The molecule has 0 fully saturated rings. The number of carbonyl (C=O) groups excluding carboxylic acids is 1. The third-order valence-electron chi connectivity index (χ3n) is 3.31. The lowest BCUT2D eigenvalue weighted by molar-refractivity contribution is -0.121. The molecule has 0 bridgehead atoms. The topological polar surface area (TPSA) is 74.8 Å². The van der Waals surface area contributed by atoms with Crippen LogP contribution in [0.5, 0.6) is 0 Å². The van der Waals surface area contributed by atoms with E-state index in [-0.39, 0.29) is 23.9 Å². The van der Waals surface area contributed by atoms with Gasteiger partial charge in [-0.25, -0.2) is 4.98 Å². The summed E-state index contributed by atoms with van der Waals surface area (Å²) in [4.78, 5) is 32.0. The van der Waals surface area contributed by atoms with Crippen molar-refractivity contribution < 1.29 is 4.79 Å². The minimum Gasteiger partial charge on any atom is -0.348 e. The summed E-state index contributed by atoms with van der Waals surface area (Å²) in [7, 11) is 0. The van der Waals surface area contributed by atoms with Crippen molar-refractivity contribution in [2.45, 2.75) is 39.7 Å². The molecule has 6 heteroatoms. The van der Waals surface area contributed by atoms with Crippen LogP contribution in [0.2, 0.25) is 0 Å². The summed E-state index contributed by atoms with van der Waals surface area (Å²) >= 11 is 1.62. The Labute approximate surface area is 127 Å². The fourth-order valence-corrected chi connectivity index (χ4v) is 3.09. The van der Waals surface area contributed by atoms with Crippen LogP contribution in [0.3, 0.4) is 0 Å². The van der Waals surface area contributed by atoms with Crippen molar-refractivity contribution in [2.24, 2.45) is 0 Å². The van der Waals surface area contributed by atoms with Gasteiger partial charge >= 0.3 is 0 Å². The summed E-state index contributed by atoms with van der Waals surface area (Å²) in [5.41, 5.74) is 0.800. The Morgan fingerprint density at radius 3 is 2.81 bits per heavy atom. The molecule has 5 nitrogen and oxygen atoms in total. The van der Waals surface area contributed by atoms with Gasteiger partial charge < -0.3 is 10.3 Å². The van der Waals surface area contributed by atoms with Crippen LogP contribution in [0.1, 0.15) is 41.3 Å². The van der Waals surface area contributed by atoms with Crippen LogP contribution in [-0.2, 0) is 11.2 Å². The Kier molecular flexibility index (Phi) is 4.90. The summed E-state index contributed by atoms with van der Waals surface area (Å²) in [6, 6.07) is 3.97. The number of hydrogen-bond donors (Lipinski definition) is 2. The zero-order valence-corrected chi connectivity index (χ0v) is 13.2. The molecule has 2 rings (SSSR count). The number of amides is 1. The molecule has 0 aliphatic carbocycles. The maximum atomic E-state index is 12.2. The fraction of sp³-hybridized carbons (Fsp3) is 0.400. The summed E-state index contributed by atoms with van der Waals surface area (Å²) in [5.74, 6) is 0.404. The van der Waals surface area contributed by atoms with Gasteiger partial charge in [-0.2, -0.15) is 0 Å². The molecule has 112 valence electrons. The summed E-state index contributed by atoms with van der Waals surface area (Å²) in [5, 5.41) is 4.97. The number of H-pyrrole nitrogens is 1. The van der Waals surface area contributed by atoms with E-state index < -0.39 is 0 Å². The Hall–Kier alpha value is -1.95. The van der Waals surface area contributed by atoms with Crippen molar-refractivity contribution in [3.8, 4) is 0 Å². The predicted molar refractivity (Wildman–Crippen MR) is 83.5 cm³/mol. The average Bonchev–Trinajstić information content (AvgIpc) is 2.94. The fourth-order valence-electron chi connectivity index (χ4n) is 2.23. The van der Waals surface area contributed by atoms with Crippen LogP contribution in [0.25, 0.3) is 0 Å². The van der Waals surface area contributed by atoms with E-state index in [1.165, 1.54) is 0 Å². The summed E-state index contributed by atoms with van der Waals surface area (Å²) in [6.45, 7) is 5.50. The van der Waals surface area contributed by atoms with Crippen LogP contribution in [0, 0.1) is 13.8 Å². The van der Waals surface area contributed by atoms with E-state index >= 15 is 0 Å². The third kappa shape index (κ3) is 3.78. The molecule has 2 aromatic heterocycles. The van der Waals surface area contributed by atoms with E-state index in [4.69, 9.17) is 0 Å². The normalized spacial score (nSPS) is 12.1. The van der Waals surface area contributed by atoms with Gasteiger partial charge in [0.05, 0.1) is 12.5 Å². The summed E-state index contributed by atoms with van der Waals surface area (Å²) < 4.78 is 0. The molecule has 2 aromatic rings. The molecule has 0 aliphatic heterocycles. The first-order chi connectivity index (χ1) is 10.0. The standard InChI is InChI=1S/C15H19N3O2S/c1-4-12(13-6-5-7-21-13)18-14(19)8-11-9(2)16-10(3)17-15(11)20/h5-7,12H,4,8H2,1-3H3,(H,18,19)(H,16,17,20). The molecule has 1 atom stereocenters. The second kappa shape index (κ2) is 6.67. The highest BCUT2D eigenvalue weighted by molar-refractivity contribution is 7.10. The van der Waals surface area contributed by atoms with E-state index in [0.29, 0.717) is 17.1 Å². The van der Waals surface area contributed by atoms with Gasteiger partial charge in [-0.15, -0.1) is 11.3 Å². The lowest BCUT2D eigenvalue weighted by Crippen LogP contribution is -2.31. The Morgan fingerprint density at radius 1 is 1.48 bits per heavy atom. The minimum absolute atomic E-state index is 0.00436. The highest BCUT2D eigenvalue weighted by atomic mass is 32.1. The number of aromatic amines is 1. The van der Waals surface area contributed by atoms with Crippen molar-refractivity contribution in [2.75, 3.05) is 0 Å². The Bertz CT molecular complexity index is 677. The van der Waals surface area contributed by atoms with Crippen LogP contribution < -0.4 is 10.9 Å². The van der Waals surface area contributed by atoms with Crippen molar-refractivity contribution in [3.05, 3.63) is 49.8 Å². The number of carbonyl (C=O) groups is 1. The molecule has 1 amide bonds. The van der Waals surface area contributed by atoms with Crippen molar-refractivity contribution >= 4 is 17.2 Å². The number of rotatable bonds is 5. The van der Waals surface area contributed by atoms with Crippen molar-refractivity contribution in [1.82, 2.24) is 15.3 Å². The van der Waals surface area contributed by atoms with E-state index in [9.17, 15) is 9.59 Å². The van der Waals surface area contributed by atoms with Gasteiger partial charge in [0.25, 0.3) is 5.56 Å². The quantitative estimate of drug-likeness (QED) is 0.889. The van der Waals surface area contributed by atoms with E-state index in [1.807, 2.05) is 24.4 Å². The SMILES string of the molecule is CCC(NC(=O)Cc1c(C)nc(C)[nH]c1=O)c1cccs1. The largest absolute Gasteiger partial charge is 0.348 e.